The molecule has 3 aromatic carbocycles. The maximum absolute atomic E-state index is 14.2. The van der Waals surface area contributed by atoms with E-state index in [-0.39, 0.29) is 42.5 Å². The van der Waals surface area contributed by atoms with Gasteiger partial charge in [0, 0.05) is 54.5 Å². The third-order valence-electron chi connectivity index (χ3n) is 6.85. The molecule has 1 N–H and O–H groups in total. The molecule has 13 heteroatoms. The molecule has 0 aromatic heterocycles. The molecule has 0 bridgehead atoms. The highest BCUT2D eigenvalue weighted by atomic mass is 19.4. The summed E-state index contributed by atoms with van der Waals surface area (Å²) in [4.78, 5) is 27.6. The fourth-order valence-electron chi connectivity index (χ4n) is 4.96. The van der Waals surface area contributed by atoms with Gasteiger partial charge >= 0.3 is 12.3 Å². The molecule has 0 radical (unpaired) electrons. The third-order valence-corrected chi connectivity index (χ3v) is 6.85. The number of amides is 1. The average Bonchev–Trinajstić information content (AvgIpc) is 3.39. The molecule has 1 atom stereocenters. The molecule has 0 spiro atoms. The Bertz CT molecular complexity index is 1560. The number of methoxy groups -OCH3 is 2. The standard InChI is InChI=1S/C33H36F4N2O7/c1-32(2,3)46-29(40)7-6-14-44-25-17-22(16-24(18-25)42-4)38-30(26-11-9-21(34)15-28(26)43-5)31(41)39-13-12-20-8-10-23(19-27(20)39)45-33(35,36)37/h8-11,15-19,30,38H,6-7,12-14H2,1-5H3. The number of fused-ring (bicyclic) bond motifs is 1. The number of halogens is 4. The van der Waals surface area contributed by atoms with Gasteiger partial charge in [0.05, 0.1) is 26.5 Å². The molecule has 4 rings (SSSR count). The number of esters is 1. The van der Waals surface area contributed by atoms with Crippen LogP contribution >= 0.6 is 0 Å². The van der Waals surface area contributed by atoms with Crippen molar-refractivity contribution >= 4 is 23.3 Å². The molecule has 248 valence electrons. The fraction of sp³-hybridized carbons (Fsp3) is 0.394. The van der Waals surface area contributed by atoms with Crippen molar-refractivity contribution in [3.63, 3.8) is 0 Å². The SMILES string of the molecule is COc1cc(NC(C(=O)N2CCc3ccc(OC(F)(F)F)cc32)c2ccc(F)cc2OC)cc(OCCCC(=O)OC(C)(C)C)c1. The van der Waals surface area contributed by atoms with Crippen LogP contribution in [0.5, 0.6) is 23.0 Å². The molecule has 1 unspecified atom stereocenters. The van der Waals surface area contributed by atoms with Crippen molar-refractivity contribution in [3.8, 4) is 23.0 Å². The van der Waals surface area contributed by atoms with Crippen molar-refractivity contribution in [1.29, 1.82) is 0 Å². The van der Waals surface area contributed by atoms with Gasteiger partial charge in [0.15, 0.2) is 0 Å². The van der Waals surface area contributed by atoms with E-state index in [1.54, 1.807) is 39.0 Å². The summed E-state index contributed by atoms with van der Waals surface area (Å²) in [5.41, 5.74) is 1.01. The molecule has 1 amide bonds. The van der Waals surface area contributed by atoms with Crippen LogP contribution in [-0.2, 0) is 20.7 Å². The second kappa shape index (κ2) is 14.2. The summed E-state index contributed by atoms with van der Waals surface area (Å²) in [6, 6.07) is 11.3. The monoisotopic (exact) mass is 648 g/mol. The number of nitrogens with zero attached hydrogens (tertiary/aromatic N) is 1. The van der Waals surface area contributed by atoms with Crippen molar-refractivity contribution in [1.82, 2.24) is 0 Å². The second-order valence-electron chi connectivity index (χ2n) is 11.5. The minimum absolute atomic E-state index is 0.0842. The predicted molar refractivity (Wildman–Crippen MR) is 162 cm³/mol. The van der Waals surface area contributed by atoms with E-state index in [9.17, 15) is 27.2 Å². The number of hydrogen-bond donors (Lipinski definition) is 1. The van der Waals surface area contributed by atoms with E-state index in [0.29, 0.717) is 35.6 Å². The summed E-state index contributed by atoms with van der Waals surface area (Å²) in [5, 5.41) is 3.16. The number of carbonyl (C=O) groups excluding carboxylic acids is 2. The highest BCUT2D eigenvalue weighted by molar-refractivity contribution is 6.01. The number of hydrogen-bond acceptors (Lipinski definition) is 8. The normalized spacial score (nSPS) is 13.5. The van der Waals surface area contributed by atoms with E-state index in [2.05, 4.69) is 10.1 Å². The second-order valence-corrected chi connectivity index (χ2v) is 11.5. The Morgan fingerprint density at radius 2 is 1.67 bits per heavy atom. The zero-order valence-electron chi connectivity index (χ0n) is 26.1. The molecule has 9 nitrogen and oxygen atoms in total. The van der Waals surface area contributed by atoms with Crippen LogP contribution < -0.4 is 29.2 Å². The number of ether oxygens (including phenoxy) is 5. The number of rotatable bonds is 12. The van der Waals surface area contributed by atoms with Gasteiger partial charge in [0.25, 0.3) is 5.91 Å². The maximum Gasteiger partial charge on any atom is 0.573 e. The van der Waals surface area contributed by atoms with Crippen molar-refractivity contribution < 1.29 is 50.8 Å². The van der Waals surface area contributed by atoms with Crippen LogP contribution in [0.1, 0.15) is 50.8 Å². The molecule has 46 heavy (non-hydrogen) atoms. The topological polar surface area (TPSA) is 95.6 Å². The number of nitrogens with one attached hydrogen (secondary N) is 1. The molecule has 1 heterocycles. The van der Waals surface area contributed by atoms with Gasteiger partial charge in [-0.1, -0.05) is 6.07 Å². The van der Waals surface area contributed by atoms with E-state index < -0.39 is 35.5 Å². The Kier molecular flexibility index (Phi) is 10.5. The summed E-state index contributed by atoms with van der Waals surface area (Å²) in [7, 11) is 2.79. The number of alkyl halides is 3. The van der Waals surface area contributed by atoms with Gasteiger partial charge in [-0.25, -0.2) is 4.39 Å². The smallest absolute Gasteiger partial charge is 0.497 e. The number of benzene rings is 3. The van der Waals surface area contributed by atoms with E-state index >= 15 is 0 Å². The maximum atomic E-state index is 14.2. The van der Waals surface area contributed by atoms with E-state index in [1.165, 1.54) is 49.5 Å². The van der Waals surface area contributed by atoms with E-state index in [1.807, 2.05) is 0 Å². The number of carbonyl (C=O) groups is 2. The Hall–Kier alpha value is -4.68. The molecule has 0 saturated heterocycles. The highest BCUT2D eigenvalue weighted by Crippen LogP contribution is 2.38. The van der Waals surface area contributed by atoms with Gasteiger partial charge in [-0.3, -0.25) is 9.59 Å². The van der Waals surface area contributed by atoms with Crippen LogP contribution in [0.25, 0.3) is 0 Å². The fourth-order valence-corrected chi connectivity index (χ4v) is 4.96. The average molecular weight is 649 g/mol. The first-order chi connectivity index (χ1) is 21.7. The lowest BCUT2D eigenvalue weighted by Crippen LogP contribution is -2.37. The lowest BCUT2D eigenvalue weighted by molar-refractivity contribution is -0.274. The van der Waals surface area contributed by atoms with Crippen molar-refractivity contribution in [2.75, 3.05) is 37.6 Å². The van der Waals surface area contributed by atoms with Gasteiger partial charge in [-0.15, -0.1) is 13.2 Å². The van der Waals surface area contributed by atoms with E-state index in [4.69, 9.17) is 18.9 Å². The largest absolute Gasteiger partial charge is 0.573 e. The van der Waals surface area contributed by atoms with Gasteiger partial charge in [-0.05, 0) is 57.4 Å². The molecule has 0 fully saturated rings. The molecular weight excluding hydrogens is 612 g/mol. The first kappa shape index (κ1) is 34.2. The molecule has 1 aliphatic rings. The van der Waals surface area contributed by atoms with Crippen LogP contribution in [0.2, 0.25) is 0 Å². The van der Waals surface area contributed by atoms with E-state index in [0.717, 1.165) is 6.07 Å². The van der Waals surface area contributed by atoms with Crippen LogP contribution in [0, 0.1) is 5.82 Å². The quantitative estimate of drug-likeness (QED) is 0.128. The molecule has 0 saturated carbocycles. The summed E-state index contributed by atoms with van der Waals surface area (Å²) < 4.78 is 79.1. The lowest BCUT2D eigenvalue weighted by Gasteiger charge is -2.27. The molecular formula is C33H36F4N2O7. The van der Waals surface area contributed by atoms with Crippen molar-refractivity contribution in [2.24, 2.45) is 0 Å². The minimum Gasteiger partial charge on any atom is -0.497 e. The highest BCUT2D eigenvalue weighted by Gasteiger charge is 2.35. The molecule has 1 aliphatic heterocycles. The first-order valence-electron chi connectivity index (χ1n) is 14.5. The number of anilines is 2. The third kappa shape index (κ3) is 9.18. The van der Waals surface area contributed by atoms with Gasteiger partial charge in [0.2, 0.25) is 0 Å². The summed E-state index contributed by atoms with van der Waals surface area (Å²) >= 11 is 0. The van der Waals surface area contributed by atoms with Crippen LogP contribution in [0.4, 0.5) is 28.9 Å². The van der Waals surface area contributed by atoms with Crippen LogP contribution in [0.3, 0.4) is 0 Å². The molecule has 3 aromatic rings. The molecule has 0 aliphatic carbocycles. The Labute approximate surface area is 264 Å². The summed E-state index contributed by atoms with van der Waals surface area (Å²) in [6.07, 6.45) is -3.96. The van der Waals surface area contributed by atoms with Crippen molar-refractivity contribution in [2.45, 2.75) is 58.0 Å². The van der Waals surface area contributed by atoms with Crippen LogP contribution in [-0.4, -0.2) is 51.2 Å². The van der Waals surface area contributed by atoms with Crippen LogP contribution in [0.15, 0.2) is 54.6 Å². The first-order valence-corrected chi connectivity index (χ1v) is 14.5. The van der Waals surface area contributed by atoms with Gasteiger partial charge < -0.3 is 33.9 Å². The Morgan fingerprint density at radius 1 is 0.935 bits per heavy atom. The zero-order valence-corrected chi connectivity index (χ0v) is 26.1. The van der Waals surface area contributed by atoms with Crippen molar-refractivity contribution in [3.05, 3.63) is 71.5 Å². The zero-order chi connectivity index (χ0) is 33.6. The lowest BCUT2D eigenvalue weighted by atomic mass is 10.0. The Morgan fingerprint density at radius 3 is 2.35 bits per heavy atom. The minimum atomic E-state index is -4.91. The Balaban J connectivity index is 1.62. The van der Waals surface area contributed by atoms with Gasteiger partial charge in [0.1, 0.15) is 40.5 Å². The summed E-state index contributed by atoms with van der Waals surface area (Å²) in [6.45, 7) is 5.73. The van der Waals surface area contributed by atoms with Gasteiger partial charge in [-0.2, -0.15) is 0 Å². The predicted octanol–water partition coefficient (Wildman–Crippen LogP) is 6.98. The summed E-state index contributed by atoms with van der Waals surface area (Å²) in [5.74, 6) is -1.07.